The van der Waals surface area contributed by atoms with Gasteiger partial charge in [-0.2, -0.15) is 12.1 Å². The summed E-state index contributed by atoms with van der Waals surface area (Å²) in [5.74, 6) is 2.65. The fourth-order valence-electron chi connectivity index (χ4n) is 7.09. The summed E-state index contributed by atoms with van der Waals surface area (Å²) in [6.45, 7) is 15.6. The van der Waals surface area contributed by atoms with E-state index in [4.69, 9.17) is 9.72 Å². The van der Waals surface area contributed by atoms with E-state index in [0.29, 0.717) is 17.4 Å². The van der Waals surface area contributed by atoms with Gasteiger partial charge in [0.2, 0.25) is 0 Å². The van der Waals surface area contributed by atoms with Crippen molar-refractivity contribution in [1.29, 1.82) is 0 Å². The molecule has 0 saturated heterocycles. The van der Waals surface area contributed by atoms with Crippen molar-refractivity contribution in [2.24, 2.45) is 5.92 Å². The Balaban J connectivity index is 0.00000450. The third kappa shape index (κ3) is 7.61. The second-order valence-corrected chi connectivity index (χ2v) is 15.4. The molecular formula is C48H45N4OPt-3. The SMILES string of the molecule is CCc1cc(N2C=CN(c3[c-]c(Oc4[c-]c5c(cc4)c4cc(-c6ccccc6)ccc4n5-c4cc(CC(C)C)ccn4)ccc3)[CH-]2)cc(C(C)(C)C)c1.[Pt]. The first kappa shape index (κ1) is 37.2. The Morgan fingerprint density at radius 1 is 0.741 bits per heavy atom. The van der Waals surface area contributed by atoms with Crippen LogP contribution in [0.15, 0.2) is 128 Å². The molecular weight excluding hydrogens is 844 g/mol. The van der Waals surface area contributed by atoms with Crippen LogP contribution in [0.1, 0.15) is 58.2 Å². The van der Waals surface area contributed by atoms with Crippen molar-refractivity contribution in [1.82, 2.24) is 9.55 Å². The van der Waals surface area contributed by atoms with Crippen molar-refractivity contribution in [3.8, 4) is 28.4 Å². The van der Waals surface area contributed by atoms with Gasteiger partial charge in [-0.1, -0.05) is 95.6 Å². The number of anilines is 2. The Hall–Kier alpha value is -5.12. The fraction of sp³-hybridized carbons (Fsp3) is 0.208. The number of ether oxygens (including phenoxy) is 1. The zero-order chi connectivity index (χ0) is 36.7. The van der Waals surface area contributed by atoms with Gasteiger partial charge in [0, 0.05) is 50.0 Å². The number of aryl methyl sites for hydroxylation is 1. The van der Waals surface area contributed by atoms with Crippen LogP contribution in [-0.4, -0.2) is 9.55 Å². The summed E-state index contributed by atoms with van der Waals surface area (Å²) in [6, 6.07) is 45.7. The average molecular weight is 889 g/mol. The second-order valence-electron chi connectivity index (χ2n) is 15.4. The van der Waals surface area contributed by atoms with E-state index in [1.807, 2.05) is 30.5 Å². The maximum absolute atomic E-state index is 6.51. The minimum absolute atomic E-state index is 0. The molecule has 8 rings (SSSR count). The van der Waals surface area contributed by atoms with Gasteiger partial charge in [-0.3, -0.25) is 0 Å². The van der Waals surface area contributed by atoms with Gasteiger partial charge < -0.3 is 19.1 Å². The van der Waals surface area contributed by atoms with Gasteiger partial charge in [0.15, 0.2) is 0 Å². The molecule has 0 spiro atoms. The largest absolute Gasteiger partial charge is 0.509 e. The zero-order valence-corrected chi connectivity index (χ0v) is 34.0. The molecule has 276 valence electrons. The van der Waals surface area contributed by atoms with E-state index in [1.165, 1.54) is 27.8 Å². The molecule has 5 aromatic carbocycles. The van der Waals surface area contributed by atoms with E-state index in [1.54, 1.807) is 0 Å². The number of fused-ring (bicyclic) bond motifs is 3. The van der Waals surface area contributed by atoms with Gasteiger partial charge in [0.25, 0.3) is 0 Å². The van der Waals surface area contributed by atoms with Gasteiger partial charge >= 0.3 is 0 Å². The van der Waals surface area contributed by atoms with Crippen molar-refractivity contribution in [2.75, 3.05) is 9.80 Å². The summed E-state index contributed by atoms with van der Waals surface area (Å²) in [7, 11) is 0. The van der Waals surface area contributed by atoms with Crippen LogP contribution in [0.5, 0.6) is 11.5 Å². The summed E-state index contributed by atoms with van der Waals surface area (Å²) < 4.78 is 8.73. The first-order valence-corrected chi connectivity index (χ1v) is 18.6. The zero-order valence-electron chi connectivity index (χ0n) is 31.7. The van der Waals surface area contributed by atoms with E-state index in [2.05, 4.69) is 172 Å². The van der Waals surface area contributed by atoms with Crippen LogP contribution < -0.4 is 14.5 Å². The Morgan fingerprint density at radius 2 is 1.54 bits per heavy atom. The number of benzene rings is 5. The molecule has 1 aliphatic heterocycles. The molecule has 0 N–H and O–H groups in total. The van der Waals surface area contributed by atoms with Crippen LogP contribution in [0.2, 0.25) is 0 Å². The number of nitrogens with zero attached hydrogens (tertiary/aromatic N) is 4. The van der Waals surface area contributed by atoms with Crippen LogP contribution in [0.25, 0.3) is 38.8 Å². The Labute approximate surface area is 334 Å². The summed E-state index contributed by atoms with van der Waals surface area (Å²) in [4.78, 5) is 9.12. The Bertz CT molecular complexity index is 2460. The maximum Gasteiger partial charge on any atom is 0.135 e. The molecule has 0 fully saturated rings. The summed E-state index contributed by atoms with van der Waals surface area (Å²) in [6.07, 6.45) is 8.05. The van der Waals surface area contributed by atoms with E-state index in [0.717, 1.165) is 51.8 Å². The second kappa shape index (κ2) is 15.3. The number of hydrogen-bond donors (Lipinski definition) is 0. The molecule has 0 atom stereocenters. The molecule has 0 amide bonds. The first-order chi connectivity index (χ1) is 25.6. The predicted octanol–water partition coefficient (Wildman–Crippen LogP) is 12.2. The molecule has 6 heteroatoms. The number of aromatic nitrogens is 2. The van der Waals surface area contributed by atoms with E-state index in [9.17, 15) is 0 Å². The summed E-state index contributed by atoms with van der Waals surface area (Å²) >= 11 is 0. The van der Waals surface area contributed by atoms with Gasteiger partial charge in [0.05, 0.1) is 0 Å². The molecule has 2 aromatic heterocycles. The Kier molecular flexibility index (Phi) is 10.6. The van der Waals surface area contributed by atoms with Crippen LogP contribution >= 0.6 is 0 Å². The molecule has 54 heavy (non-hydrogen) atoms. The smallest absolute Gasteiger partial charge is 0.135 e. The molecule has 1 aliphatic rings. The quantitative estimate of drug-likeness (QED) is 0.135. The molecule has 0 bridgehead atoms. The molecule has 0 unspecified atom stereocenters. The van der Waals surface area contributed by atoms with Crippen LogP contribution in [0.4, 0.5) is 11.4 Å². The monoisotopic (exact) mass is 888 g/mol. The van der Waals surface area contributed by atoms with E-state index < -0.39 is 0 Å². The standard InChI is InChI=1S/C48H45N4O.Pt/c1-7-34-25-38(48(4,5)6)29-40(26-34)51-23-22-50(32-51)39-14-11-15-41(30-39)53-42-17-18-43-44-28-37(36-12-9-8-10-13-36)16-19-45(44)52(46(43)31-42)47-27-35(20-21-49-47)24-33(2)3;/h8-23,25-29,32-33H,7,24H2,1-6H3;/q-3;. The topological polar surface area (TPSA) is 33.5 Å². The van der Waals surface area contributed by atoms with Crippen LogP contribution in [0, 0.1) is 24.7 Å². The number of hydrogen-bond acceptors (Lipinski definition) is 4. The van der Waals surface area contributed by atoms with Gasteiger partial charge in [-0.25, -0.2) is 4.98 Å². The average Bonchev–Trinajstić information content (AvgIpc) is 3.78. The third-order valence-electron chi connectivity index (χ3n) is 9.88. The molecule has 0 radical (unpaired) electrons. The van der Waals surface area contributed by atoms with Gasteiger partial charge in [-0.15, -0.1) is 48.1 Å². The normalized spacial score (nSPS) is 12.9. The van der Waals surface area contributed by atoms with E-state index in [-0.39, 0.29) is 26.5 Å². The molecule has 0 aliphatic carbocycles. The van der Waals surface area contributed by atoms with Crippen molar-refractivity contribution < 1.29 is 25.8 Å². The van der Waals surface area contributed by atoms with Crippen molar-refractivity contribution in [2.45, 2.75) is 59.8 Å². The van der Waals surface area contributed by atoms with Gasteiger partial charge in [0.1, 0.15) is 5.82 Å². The number of pyridine rings is 1. The van der Waals surface area contributed by atoms with Crippen LogP contribution in [-0.2, 0) is 39.3 Å². The first-order valence-electron chi connectivity index (χ1n) is 18.6. The minimum Gasteiger partial charge on any atom is -0.509 e. The van der Waals surface area contributed by atoms with Crippen molar-refractivity contribution in [3.05, 3.63) is 163 Å². The number of rotatable bonds is 9. The third-order valence-corrected chi connectivity index (χ3v) is 9.88. The predicted molar refractivity (Wildman–Crippen MR) is 220 cm³/mol. The Morgan fingerprint density at radius 3 is 2.31 bits per heavy atom. The van der Waals surface area contributed by atoms with Crippen molar-refractivity contribution >= 4 is 33.2 Å². The molecule has 5 nitrogen and oxygen atoms in total. The summed E-state index contributed by atoms with van der Waals surface area (Å²) in [5.41, 5.74) is 10.4. The van der Waals surface area contributed by atoms with Gasteiger partial charge in [-0.05, 0) is 100 Å². The van der Waals surface area contributed by atoms with E-state index >= 15 is 0 Å². The molecule has 3 heterocycles. The van der Waals surface area contributed by atoms with Crippen LogP contribution in [0.3, 0.4) is 0 Å². The molecule has 7 aromatic rings. The van der Waals surface area contributed by atoms with Crippen molar-refractivity contribution in [3.63, 3.8) is 0 Å². The minimum atomic E-state index is 0. The molecule has 0 saturated carbocycles. The fourth-order valence-corrected chi connectivity index (χ4v) is 7.09. The maximum atomic E-state index is 6.51. The summed E-state index contributed by atoms with van der Waals surface area (Å²) in [5, 5.41) is 2.24.